The van der Waals surface area contributed by atoms with Crippen molar-refractivity contribution < 1.29 is 24.1 Å². The third-order valence-corrected chi connectivity index (χ3v) is 2.92. The van der Waals surface area contributed by atoms with Gasteiger partial charge in [0, 0.05) is 6.42 Å². The zero-order valence-corrected chi connectivity index (χ0v) is 11.3. The number of esters is 1. The molecule has 0 aromatic heterocycles. The smallest absolute Gasteiger partial charge is 0.334 e. The molecule has 1 aliphatic heterocycles. The van der Waals surface area contributed by atoms with Crippen LogP contribution in [-0.2, 0) is 14.3 Å². The molecular formula is C15H16O5. The molecular weight excluding hydrogens is 260 g/mol. The minimum Gasteiger partial charge on any atom is -0.504 e. The maximum absolute atomic E-state index is 11.3. The van der Waals surface area contributed by atoms with Gasteiger partial charge in [-0.3, -0.25) is 0 Å². The van der Waals surface area contributed by atoms with Gasteiger partial charge in [-0.05, 0) is 23.8 Å². The van der Waals surface area contributed by atoms with E-state index in [-0.39, 0.29) is 11.9 Å². The van der Waals surface area contributed by atoms with Crippen LogP contribution < -0.4 is 4.74 Å². The molecule has 0 spiro atoms. The summed E-state index contributed by atoms with van der Waals surface area (Å²) in [5.41, 5.74) is 0.785. The molecule has 20 heavy (non-hydrogen) atoms. The Morgan fingerprint density at radius 2 is 2.15 bits per heavy atom. The average Bonchev–Trinajstić information content (AvgIpc) is 2.44. The highest BCUT2D eigenvalue weighted by Gasteiger charge is 2.19. The number of hydrogen-bond acceptors (Lipinski definition) is 5. The fraction of sp³-hybridized carbons (Fsp3) is 0.267. The third kappa shape index (κ3) is 3.32. The molecule has 1 heterocycles. The van der Waals surface area contributed by atoms with Gasteiger partial charge >= 0.3 is 5.97 Å². The minimum absolute atomic E-state index is 0.0627. The predicted octanol–water partition coefficient (Wildman–Crippen LogP) is 2.26. The van der Waals surface area contributed by atoms with Crippen LogP contribution in [0.2, 0.25) is 0 Å². The lowest BCUT2D eigenvalue weighted by atomic mass is 10.1. The summed E-state index contributed by atoms with van der Waals surface area (Å²) < 4.78 is 15.2. The first kappa shape index (κ1) is 14.0. The number of aromatic hydroxyl groups is 1. The Hall–Kier alpha value is -2.43. The molecule has 0 aliphatic carbocycles. The summed E-state index contributed by atoms with van der Waals surface area (Å²) in [6, 6.07) is 5.04. The Morgan fingerprint density at radius 3 is 2.80 bits per heavy atom. The first-order chi connectivity index (χ1) is 9.62. The standard InChI is InChI=1S/C15H16O5/c1-18-12-8-11(20-15(17)9-12)5-3-10-4-6-14(19-2)13(16)7-10/h3-7,9,11,16H,8H2,1-2H3/b5-3+/t11-/m0/s1. The van der Waals surface area contributed by atoms with Crippen molar-refractivity contribution in [3.8, 4) is 11.5 Å². The quantitative estimate of drug-likeness (QED) is 0.854. The fourth-order valence-corrected chi connectivity index (χ4v) is 1.89. The van der Waals surface area contributed by atoms with Gasteiger partial charge in [0.25, 0.3) is 0 Å². The molecule has 1 aromatic rings. The van der Waals surface area contributed by atoms with E-state index in [1.54, 1.807) is 30.4 Å². The Balaban J connectivity index is 2.08. The van der Waals surface area contributed by atoms with Gasteiger partial charge in [0.2, 0.25) is 0 Å². The van der Waals surface area contributed by atoms with Crippen molar-refractivity contribution >= 4 is 12.0 Å². The van der Waals surface area contributed by atoms with Gasteiger partial charge in [-0.1, -0.05) is 12.1 Å². The van der Waals surface area contributed by atoms with Gasteiger partial charge in [0.1, 0.15) is 11.9 Å². The first-order valence-electron chi connectivity index (χ1n) is 6.12. The van der Waals surface area contributed by atoms with Crippen LogP contribution in [0.5, 0.6) is 11.5 Å². The molecule has 0 amide bonds. The summed E-state index contributed by atoms with van der Waals surface area (Å²) in [6.07, 6.45) is 5.00. The van der Waals surface area contributed by atoms with Crippen LogP contribution in [0, 0.1) is 0 Å². The van der Waals surface area contributed by atoms with E-state index >= 15 is 0 Å². The lowest BCUT2D eigenvalue weighted by Gasteiger charge is -2.19. The Bertz CT molecular complexity index is 559. The molecule has 1 N–H and O–H groups in total. The van der Waals surface area contributed by atoms with E-state index in [1.165, 1.54) is 20.3 Å². The maximum Gasteiger partial charge on any atom is 0.334 e. The van der Waals surface area contributed by atoms with E-state index in [2.05, 4.69) is 0 Å². The summed E-state index contributed by atoms with van der Waals surface area (Å²) in [5, 5.41) is 9.68. The zero-order chi connectivity index (χ0) is 14.5. The second-order valence-electron chi connectivity index (χ2n) is 4.28. The third-order valence-electron chi connectivity index (χ3n) is 2.92. The molecule has 0 fully saturated rings. The second kappa shape index (κ2) is 6.14. The highest BCUT2D eigenvalue weighted by Crippen LogP contribution is 2.27. The van der Waals surface area contributed by atoms with E-state index in [9.17, 15) is 9.90 Å². The number of benzene rings is 1. The normalized spacial score (nSPS) is 18.6. The number of phenols is 1. The number of rotatable bonds is 4. The van der Waals surface area contributed by atoms with E-state index in [0.29, 0.717) is 17.9 Å². The molecule has 0 bridgehead atoms. The summed E-state index contributed by atoms with van der Waals surface area (Å²) in [7, 11) is 3.01. The molecule has 1 aliphatic rings. The molecule has 0 saturated carbocycles. The molecule has 1 aromatic carbocycles. The molecule has 2 rings (SSSR count). The van der Waals surface area contributed by atoms with Gasteiger partial charge in [-0.25, -0.2) is 4.79 Å². The number of cyclic esters (lactones) is 1. The van der Waals surface area contributed by atoms with Crippen molar-refractivity contribution in [1.29, 1.82) is 0 Å². The van der Waals surface area contributed by atoms with Crippen molar-refractivity contribution in [3.05, 3.63) is 41.7 Å². The van der Waals surface area contributed by atoms with Crippen LogP contribution in [0.3, 0.4) is 0 Å². The van der Waals surface area contributed by atoms with Gasteiger partial charge < -0.3 is 19.3 Å². The molecule has 0 radical (unpaired) electrons. The zero-order valence-electron chi connectivity index (χ0n) is 11.3. The predicted molar refractivity (Wildman–Crippen MR) is 73.3 cm³/mol. The van der Waals surface area contributed by atoms with Gasteiger partial charge in [-0.2, -0.15) is 0 Å². The summed E-state index contributed by atoms with van der Waals surface area (Å²) in [5.74, 6) is 0.650. The fourth-order valence-electron chi connectivity index (χ4n) is 1.89. The van der Waals surface area contributed by atoms with Crippen LogP contribution >= 0.6 is 0 Å². The van der Waals surface area contributed by atoms with Gasteiger partial charge in [-0.15, -0.1) is 0 Å². The molecule has 5 heteroatoms. The van der Waals surface area contributed by atoms with Crippen molar-refractivity contribution in [2.75, 3.05) is 14.2 Å². The summed E-state index contributed by atoms with van der Waals surface area (Å²) >= 11 is 0. The Morgan fingerprint density at radius 1 is 1.35 bits per heavy atom. The minimum atomic E-state index is -0.416. The highest BCUT2D eigenvalue weighted by atomic mass is 16.5. The number of carbonyl (C=O) groups is 1. The molecule has 0 saturated heterocycles. The van der Waals surface area contributed by atoms with Gasteiger partial charge in [0.05, 0.1) is 20.3 Å². The monoisotopic (exact) mass is 276 g/mol. The average molecular weight is 276 g/mol. The van der Waals surface area contributed by atoms with Crippen molar-refractivity contribution in [2.45, 2.75) is 12.5 Å². The summed E-state index contributed by atoms with van der Waals surface area (Å²) in [6.45, 7) is 0. The Kier molecular flexibility index (Phi) is 4.30. The lowest BCUT2D eigenvalue weighted by Crippen LogP contribution is -2.21. The number of phenolic OH excluding ortho intramolecular Hbond substituents is 1. The van der Waals surface area contributed by atoms with Crippen LogP contribution in [0.4, 0.5) is 0 Å². The maximum atomic E-state index is 11.3. The van der Waals surface area contributed by atoms with Crippen LogP contribution in [0.25, 0.3) is 6.08 Å². The van der Waals surface area contributed by atoms with E-state index in [4.69, 9.17) is 14.2 Å². The second-order valence-corrected chi connectivity index (χ2v) is 4.28. The number of hydrogen-bond donors (Lipinski definition) is 1. The Labute approximate surface area is 117 Å². The number of methoxy groups -OCH3 is 2. The molecule has 1 atom stereocenters. The van der Waals surface area contributed by atoms with E-state index < -0.39 is 5.97 Å². The lowest BCUT2D eigenvalue weighted by molar-refractivity contribution is -0.142. The van der Waals surface area contributed by atoms with Crippen molar-refractivity contribution in [3.63, 3.8) is 0 Å². The number of ether oxygens (including phenoxy) is 3. The van der Waals surface area contributed by atoms with Crippen molar-refractivity contribution in [1.82, 2.24) is 0 Å². The SMILES string of the molecule is COC1=CC(=O)O[C@@H](/C=C/c2ccc(OC)c(O)c2)C1. The van der Waals surface area contributed by atoms with E-state index in [1.807, 2.05) is 0 Å². The van der Waals surface area contributed by atoms with Gasteiger partial charge in [0.15, 0.2) is 11.5 Å². The first-order valence-corrected chi connectivity index (χ1v) is 6.12. The largest absolute Gasteiger partial charge is 0.504 e. The van der Waals surface area contributed by atoms with Crippen LogP contribution in [0.1, 0.15) is 12.0 Å². The van der Waals surface area contributed by atoms with Crippen molar-refractivity contribution in [2.24, 2.45) is 0 Å². The topological polar surface area (TPSA) is 65.0 Å². The summed E-state index contributed by atoms with van der Waals surface area (Å²) in [4.78, 5) is 11.3. The number of carbonyl (C=O) groups excluding carboxylic acids is 1. The van der Waals surface area contributed by atoms with Crippen LogP contribution in [0.15, 0.2) is 36.1 Å². The van der Waals surface area contributed by atoms with Crippen LogP contribution in [-0.4, -0.2) is 31.4 Å². The molecule has 106 valence electrons. The van der Waals surface area contributed by atoms with E-state index in [0.717, 1.165) is 5.56 Å². The molecule has 0 unspecified atom stereocenters. The molecule has 5 nitrogen and oxygen atoms in total. The highest BCUT2D eigenvalue weighted by molar-refractivity contribution is 5.83.